The van der Waals surface area contributed by atoms with Crippen LogP contribution in [0.2, 0.25) is 0 Å². The van der Waals surface area contributed by atoms with Gasteiger partial charge in [0.25, 0.3) is 0 Å². The number of benzene rings is 1. The summed E-state index contributed by atoms with van der Waals surface area (Å²) in [6, 6.07) is 5.09. The third-order valence-electron chi connectivity index (χ3n) is 2.98. The van der Waals surface area contributed by atoms with Crippen LogP contribution in [0.5, 0.6) is 0 Å². The second-order valence-corrected chi connectivity index (χ2v) is 4.52. The molecule has 122 valence electrons. The Morgan fingerprint density at radius 3 is 2.65 bits per heavy atom. The molecule has 0 amide bonds. The van der Waals surface area contributed by atoms with Gasteiger partial charge in [0, 0.05) is 37.8 Å². The molecule has 9 heteroatoms. The molecule has 0 fully saturated rings. The molecule has 0 saturated carbocycles. The van der Waals surface area contributed by atoms with Crippen LogP contribution in [0, 0.1) is 0 Å². The Morgan fingerprint density at radius 2 is 2.04 bits per heavy atom. The van der Waals surface area contributed by atoms with Gasteiger partial charge >= 0.3 is 6.18 Å². The largest absolute Gasteiger partial charge is 0.421 e. The highest BCUT2D eigenvalue weighted by atomic mass is 19.4. The quantitative estimate of drug-likeness (QED) is 0.594. The summed E-state index contributed by atoms with van der Waals surface area (Å²) in [6.45, 7) is 0. The maximum Gasteiger partial charge on any atom is 0.421 e. The molecule has 1 heterocycles. The third kappa shape index (κ3) is 3.68. The number of rotatable bonds is 4. The van der Waals surface area contributed by atoms with Gasteiger partial charge in [0.1, 0.15) is 11.4 Å². The van der Waals surface area contributed by atoms with Gasteiger partial charge in [-0.3, -0.25) is 4.99 Å². The van der Waals surface area contributed by atoms with Crippen LogP contribution in [0.15, 0.2) is 29.4 Å². The fourth-order valence-electron chi connectivity index (χ4n) is 1.93. The van der Waals surface area contributed by atoms with Gasteiger partial charge in [0.05, 0.1) is 5.69 Å². The smallest absolute Gasteiger partial charge is 0.398 e. The van der Waals surface area contributed by atoms with E-state index in [1.165, 1.54) is 7.05 Å². The third-order valence-corrected chi connectivity index (χ3v) is 2.98. The Morgan fingerprint density at radius 1 is 1.30 bits per heavy atom. The summed E-state index contributed by atoms with van der Waals surface area (Å²) >= 11 is 0. The lowest BCUT2D eigenvalue weighted by atomic mass is 10.1. The van der Waals surface area contributed by atoms with Crippen molar-refractivity contribution in [3.8, 4) is 0 Å². The topological polar surface area (TPSA) is 88.2 Å². The SMILES string of the molecule is CN=Cc1c(N)cccc1Nc1ncc(C(F)(F)F)c(NC)n1. The van der Waals surface area contributed by atoms with Gasteiger partial charge in [0.15, 0.2) is 0 Å². The summed E-state index contributed by atoms with van der Waals surface area (Å²) < 4.78 is 38.5. The molecule has 0 aliphatic rings. The van der Waals surface area contributed by atoms with Crippen molar-refractivity contribution in [2.75, 3.05) is 30.5 Å². The molecule has 6 nitrogen and oxygen atoms in total. The molecule has 0 spiro atoms. The molecular weight excluding hydrogens is 309 g/mol. The van der Waals surface area contributed by atoms with Gasteiger partial charge in [-0.1, -0.05) is 6.07 Å². The minimum Gasteiger partial charge on any atom is -0.398 e. The molecular formula is C14H15F3N6. The fraction of sp³-hybridized carbons (Fsp3) is 0.214. The molecule has 0 aliphatic carbocycles. The Labute approximate surface area is 130 Å². The molecule has 0 bridgehead atoms. The molecule has 0 saturated heterocycles. The highest BCUT2D eigenvalue weighted by Crippen LogP contribution is 2.34. The van der Waals surface area contributed by atoms with E-state index in [2.05, 4.69) is 25.6 Å². The van der Waals surface area contributed by atoms with Crippen LogP contribution in [-0.4, -0.2) is 30.3 Å². The summed E-state index contributed by atoms with van der Waals surface area (Å²) in [5.41, 5.74) is 6.54. The summed E-state index contributed by atoms with van der Waals surface area (Å²) in [6.07, 6.45) is -2.27. The maximum atomic E-state index is 12.8. The normalized spacial score (nSPS) is 11.7. The molecule has 23 heavy (non-hydrogen) atoms. The first-order valence-electron chi connectivity index (χ1n) is 6.56. The predicted molar refractivity (Wildman–Crippen MR) is 84.2 cm³/mol. The maximum absolute atomic E-state index is 12.8. The van der Waals surface area contributed by atoms with Crippen LogP contribution in [0.4, 0.5) is 36.3 Å². The summed E-state index contributed by atoms with van der Waals surface area (Å²) in [4.78, 5) is 11.5. The zero-order valence-electron chi connectivity index (χ0n) is 12.4. The first-order chi connectivity index (χ1) is 10.9. The van der Waals surface area contributed by atoms with Crippen molar-refractivity contribution in [3.63, 3.8) is 0 Å². The van der Waals surface area contributed by atoms with E-state index in [0.717, 1.165) is 6.20 Å². The summed E-state index contributed by atoms with van der Waals surface area (Å²) in [7, 11) is 2.95. The molecule has 0 unspecified atom stereocenters. The number of alkyl halides is 3. The number of hydrogen-bond acceptors (Lipinski definition) is 6. The Balaban J connectivity index is 2.40. The van der Waals surface area contributed by atoms with Crippen molar-refractivity contribution in [1.82, 2.24) is 9.97 Å². The molecule has 0 radical (unpaired) electrons. The van der Waals surface area contributed by atoms with Crippen molar-refractivity contribution in [2.24, 2.45) is 4.99 Å². The molecule has 2 rings (SSSR count). The molecule has 4 N–H and O–H groups in total. The van der Waals surface area contributed by atoms with Gasteiger partial charge in [0.2, 0.25) is 5.95 Å². The van der Waals surface area contributed by atoms with E-state index in [4.69, 9.17) is 5.73 Å². The van der Waals surface area contributed by atoms with E-state index in [0.29, 0.717) is 16.9 Å². The van der Waals surface area contributed by atoms with Crippen molar-refractivity contribution in [2.45, 2.75) is 6.18 Å². The minimum atomic E-state index is -4.53. The van der Waals surface area contributed by atoms with E-state index < -0.39 is 11.7 Å². The van der Waals surface area contributed by atoms with Crippen LogP contribution in [0.1, 0.15) is 11.1 Å². The van der Waals surface area contributed by atoms with Crippen molar-refractivity contribution in [3.05, 3.63) is 35.5 Å². The van der Waals surface area contributed by atoms with Gasteiger partial charge < -0.3 is 16.4 Å². The lowest BCUT2D eigenvalue weighted by Gasteiger charge is -2.14. The highest BCUT2D eigenvalue weighted by molar-refractivity contribution is 5.95. The number of aromatic nitrogens is 2. The first-order valence-corrected chi connectivity index (χ1v) is 6.56. The number of nitrogens with two attached hydrogens (primary N) is 1. The van der Waals surface area contributed by atoms with Crippen LogP contribution in [0.3, 0.4) is 0 Å². The zero-order chi connectivity index (χ0) is 17.0. The van der Waals surface area contributed by atoms with E-state index in [1.54, 1.807) is 31.5 Å². The Kier molecular flexibility index (Phi) is 4.68. The van der Waals surface area contributed by atoms with Crippen LogP contribution < -0.4 is 16.4 Å². The zero-order valence-corrected chi connectivity index (χ0v) is 12.4. The van der Waals surface area contributed by atoms with Gasteiger partial charge in [-0.15, -0.1) is 0 Å². The lowest BCUT2D eigenvalue weighted by molar-refractivity contribution is -0.137. The second-order valence-electron chi connectivity index (χ2n) is 4.52. The number of nitrogen functional groups attached to an aromatic ring is 1. The molecule has 0 atom stereocenters. The Bertz CT molecular complexity index is 727. The highest BCUT2D eigenvalue weighted by Gasteiger charge is 2.35. The number of aliphatic imine (C=N–C) groups is 1. The van der Waals surface area contributed by atoms with Gasteiger partial charge in [-0.25, -0.2) is 4.98 Å². The van der Waals surface area contributed by atoms with E-state index in [1.807, 2.05) is 0 Å². The monoisotopic (exact) mass is 324 g/mol. The van der Waals surface area contributed by atoms with Crippen LogP contribution in [-0.2, 0) is 6.18 Å². The van der Waals surface area contributed by atoms with Gasteiger partial charge in [-0.2, -0.15) is 18.2 Å². The van der Waals surface area contributed by atoms with Crippen molar-refractivity contribution < 1.29 is 13.2 Å². The van der Waals surface area contributed by atoms with E-state index in [9.17, 15) is 13.2 Å². The lowest BCUT2D eigenvalue weighted by Crippen LogP contribution is -2.13. The number of nitrogens with one attached hydrogen (secondary N) is 2. The Hall–Kier alpha value is -2.84. The number of anilines is 4. The van der Waals surface area contributed by atoms with Crippen molar-refractivity contribution >= 4 is 29.4 Å². The first kappa shape index (κ1) is 16.5. The van der Waals surface area contributed by atoms with E-state index in [-0.39, 0.29) is 11.8 Å². The number of hydrogen-bond donors (Lipinski definition) is 3. The standard InChI is InChI=1S/C14H15F3N6/c1-19-6-8-10(18)4-3-5-11(8)22-13-21-7-9(14(15,16)17)12(20-2)23-13/h3-7H,18H2,1-2H3,(H2,20,21,22,23). The predicted octanol–water partition coefficient (Wildman–Crippen LogP) is 2.91. The average Bonchev–Trinajstić information content (AvgIpc) is 2.49. The summed E-state index contributed by atoms with van der Waals surface area (Å²) in [5.74, 6) is -0.302. The molecule has 2 aromatic rings. The minimum absolute atomic E-state index is 0.0127. The fourth-order valence-corrected chi connectivity index (χ4v) is 1.93. The van der Waals surface area contributed by atoms with E-state index >= 15 is 0 Å². The molecule has 0 aliphatic heterocycles. The number of nitrogens with zero attached hydrogens (tertiary/aromatic N) is 3. The van der Waals surface area contributed by atoms with Crippen LogP contribution >= 0.6 is 0 Å². The number of halogens is 3. The second kappa shape index (κ2) is 6.51. The average molecular weight is 324 g/mol. The summed E-state index contributed by atoms with van der Waals surface area (Å²) in [5, 5.41) is 5.27. The molecule has 1 aromatic heterocycles. The van der Waals surface area contributed by atoms with Crippen molar-refractivity contribution in [1.29, 1.82) is 0 Å². The molecule has 1 aromatic carbocycles. The van der Waals surface area contributed by atoms with Crippen LogP contribution in [0.25, 0.3) is 0 Å². The van der Waals surface area contributed by atoms with Gasteiger partial charge in [-0.05, 0) is 12.1 Å².